The fourth-order valence-electron chi connectivity index (χ4n) is 3.07. The summed E-state index contributed by atoms with van der Waals surface area (Å²) in [5.41, 5.74) is 2.77. The molecule has 1 saturated heterocycles. The number of aryl methyl sites for hydroxylation is 1. The van der Waals surface area contributed by atoms with Gasteiger partial charge < -0.3 is 9.64 Å². The Morgan fingerprint density at radius 1 is 1.32 bits per heavy atom. The van der Waals surface area contributed by atoms with E-state index in [1.807, 2.05) is 18.2 Å². The lowest BCUT2D eigenvalue weighted by Gasteiger charge is -2.35. The highest BCUT2D eigenvalue weighted by Gasteiger charge is 2.24. The summed E-state index contributed by atoms with van der Waals surface area (Å²) in [7, 11) is 1.80. The molecular weight excluding hydrogens is 312 g/mol. The van der Waals surface area contributed by atoms with Crippen LogP contribution in [0.4, 0.5) is 0 Å². The molecule has 1 aliphatic rings. The Morgan fingerprint density at radius 2 is 1.96 bits per heavy atom. The number of carbonyl (C=O) groups excluding carboxylic acids is 1. The van der Waals surface area contributed by atoms with Crippen molar-refractivity contribution in [1.29, 1.82) is 0 Å². The molecule has 2 rings (SSSR count). The summed E-state index contributed by atoms with van der Waals surface area (Å²) in [5, 5.41) is 0. The maximum atomic E-state index is 10.9. The SMILES string of the molecule is C=C(C=O)/C=C(CC)\C(=N/C)N1CCC(Oc2ccc(C)cc2)CC1. The Balaban J connectivity index is 1.97. The van der Waals surface area contributed by atoms with Crippen LogP contribution in [0, 0.1) is 6.92 Å². The Labute approximate surface area is 150 Å². The molecule has 0 bridgehead atoms. The van der Waals surface area contributed by atoms with Gasteiger partial charge in [-0.3, -0.25) is 9.79 Å². The number of hydrogen-bond donors (Lipinski definition) is 0. The molecule has 1 aromatic rings. The molecule has 1 aliphatic heterocycles. The molecule has 0 saturated carbocycles. The van der Waals surface area contributed by atoms with Crippen LogP contribution in [0.2, 0.25) is 0 Å². The summed E-state index contributed by atoms with van der Waals surface area (Å²) in [4.78, 5) is 17.6. The molecule has 25 heavy (non-hydrogen) atoms. The predicted octanol–water partition coefficient (Wildman–Crippen LogP) is 3.96. The second kappa shape index (κ2) is 9.21. The van der Waals surface area contributed by atoms with Gasteiger partial charge in [0.25, 0.3) is 0 Å². The molecule has 1 fully saturated rings. The van der Waals surface area contributed by atoms with Crippen LogP contribution in [0.5, 0.6) is 5.75 Å². The first-order chi connectivity index (χ1) is 12.1. The van der Waals surface area contributed by atoms with Crippen molar-refractivity contribution < 1.29 is 9.53 Å². The van der Waals surface area contributed by atoms with Crippen LogP contribution in [0.1, 0.15) is 31.7 Å². The molecule has 0 aliphatic carbocycles. The second-order valence-electron chi connectivity index (χ2n) is 6.38. The number of aliphatic imine (C=N–C) groups is 1. The fraction of sp³-hybridized carbons (Fsp3) is 0.429. The molecule has 4 heteroatoms. The van der Waals surface area contributed by atoms with Gasteiger partial charge in [0.05, 0.1) is 0 Å². The van der Waals surface area contributed by atoms with Crippen molar-refractivity contribution in [3.05, 3.63) is 53.6 Å². The lowest BCUT2D eigenvalue weighted by atomic mass is 10.0. The first-order valence-corrected chi connectivity index (χ1v) is 8.87. The van der Waals surface area contributed by atoms with E-state index in [0.29, 0.717) is 5.57 Å². The lowest BCUT2D eigenvalue weighted by Crippen LogP contribution is -2.42. The highest BCUT2D eigenvalue weighted by Crippen LogP contribution is 2.21. The number of benzene rings is 1. The first-order valence-electron chi connectivity index (χ1n) is 8.87. The van der Waals surface area contributed by atoms with E-state index < -0.39 is 0 Å². The Morgan fingerprint density at radius 3 is 2.48 bits per heavy atom. The zero-order valence-electron chi connectivity index (χ0n) is 15.5. The topological polar surface area (TPSA) is 41.9 Å². The average Bonchev–Trinajstić information content (AvgIpc) is 2.64. The first kappa shape index (κ1) is 19.0. The van der Waals surface area contributed by atoms with E-state index in [1.165, 1.54) is 5.56 Å². The minimum absolute atomic E-state index is 0.232. The van der Waals surface area contributed by atoms with Crippen LogP contribution >= 0.6 is 0 Å². The van der Waals surface area contributed by atoms with Gasteiger partial charge in [-0.1, -0.05) is 31.2 Å². The van der Waals surface area contributed by atoms with Crippen molar-refractivity contribution in [2.45, 2.75) is 39.2 Å². The highest BCUT2D eigenvalue weighted by molar-refractivity contribution is 5.99. The van der Waals surface area contributed by atoms with Crippen LogP contribution in [0.15, 0.2) is 53.1 Å². The van der Waals surface area contributed by atoms with E-state index in [0.717, 1.165) is 55.8 Å². The number of nitrogens with zero attached hydrogens (tertiary/aromatic N) is 2. The average molecular weight is 340 g/mol. The zero-order chi connectivity index (χ0) is 18.2. The van der Waals surface area contributed by atoms with Crippen molar-refractivity contribution in [3.8, 4) is 5.75 Å². The summed E-state index contributed by atoms with van der Waals surface area (Å²) in [6.07, 6.45) is 5.58. The maximum absolute atomic E-state index is 10.9. The summed E-state index contributed by atoms with van der Waals surface area (Å²) in [6.45, 7) is 9.69. The molecule has 0 spiro atoms. The largest absolute Gasteiger partial charge is 0.490 e. The van der Waals surface area contributed by atoms with Gasteiger partial charge in [0.15, 0.2) is 0 Å². The van der Waals surface area contributed by atoms with Gasteiger partial charge in [-0.25, -0.2) is 0 Å². The third-order valence-electron chi connectivity index (χ3n) is 4.46. The zero-order valence-corrected chi connectivity index (χ0v) is 15.5. The molecule has 4 nitrogen and oxygen atoms in total. The van der Waals surface area contributed by atoms with E-state index in [-0.39, 0.29) is 6.10 Å². The van der Waals surface area contributed by atoms with Gasteiger partial charge in [-0.2, -0.15) is 0 Å². The molecule has 134 valence electrons. The minimum atomic E-state index is 0.232. The molecule has 0 radical (unpaired) electrons. The van der Waals surface area contributed by atoms with E-state index in [1.54, 1.807) is 7.05 Å². The normalized spacial score (nSPS) is 16.7. The van der Waals surface area contributed by atoms with Gasteiger partial charge in [0.1, 0.15) is 24.0 Å². The number of aldehydes is 1. The number of amidine groups is 1. The van der Waals surface area contributed by atoms with Crippen molar-refractivity contribution in [2.75, 3.05) is 20.1 Å². The molecule has 0 N–H and O–H groups in total. The molecule has 0 unspecified atom stereocenters. The Bertz CT molecular complexity index is 651. The van der Waals surface area contributed by atoms with Crippen molar-refractivity contribution in [3.63, 3.8) is 0 Å². The Kier molecular flexibility index (Phi) is 6.99. The second-order valence-corrected chi connectivity index (χ2v) is 6.38. The number of likely N-dealkylation sites (tertiary alicyclic amines) is 1. The van der Waals surface area contributed by atoms with Crippen molar-refractivity contribution >= 4 is 12.1 Å². The predicted molar refractivity (Wildman–Crippen MR) is 103 cm³/mol. The fourth-order valence-corrected chi connectivity index (χ4v) is 3.07. The molecule has 0 atom stereocenters. The third-order valence-corrected chi connectivity index (χ3v) is 4.46. The number of carbonyl (C=O) groups is 1. The quantitative estimate of drug-likeness (QED) is 0.259. The summed E-state index contributed by atoms with van der Waals surface area (Å²) in [5.74, 6) is 1.89. The lowest BCUT2D eigenvalue weighted by molar-refractivity contribution is -0.104. The van der Waals surface area contributed by atoms with Crippen LogP contribution < -0.4 is 4.74 Å². The number of ether oxygens (including phenoxy) is 1. The van der Waals surface area contributed by atoms with E-state index in [4.69, 9.17) is 4.74 Å². The van der Waals surface area contributed by atoms with Gasteiger partial charge in [0, 0.05) is 38.6 Å². The van der Waals surface area contributed by atoms with Gasteiger partial charge in [-0.05, 0) is 37.1 Å². The molecule has 0 amide bonds. The molecule has 0 aromatic heterocycles. The number of rotatable bonds is 6. The molecule has 1 aromatic carbocycles. The van der Waals surface area contributed by atoms with Crippen molar-refractivity contribution in [1.82, 2.24) is 4.90 Å². The van der Waals surface area contributed by atoms with E-state index in [2.05, 4.69) is 42.5 Å². The van der Waals surface area contributed by atoms with Crippen LogP contribution in [-0.2, 0) is 4.79 Å². The van der Waals surface area contributed by atoms with Crippen LogP contribution in [0.3, 0.4) is 0 Å². The van der Waals surface area contributed by atoms with E-state index in [9.17, 15) is 4.79 Å². The van der Waals surface area contributed by atoms with Gasteiger partial charge >= 0.3 is 0 Å². The number of hydrogen-bond acceptors (Lipinski definition) is 3. The summed E-state index contributed by atoms with van der Waals surface area (Å²) >= 11 is 0. The van der Waals surface area contributed by atoms with Gasteiger partial charge in [-0.15, -0.1) is 0 Å². The smallest absolute Gasteiger partial charge is 0.149 e. The van der Waals surface area contributed by atoms with Gasteiger partial charge in [0.2, 0.25) is 0 Å². The monoisotopic (exact) mass is 340 g/mol. The highest BCUT2D eigenvalue weighted by atomic mass is 16.5. The standard InChI is InChI=1S/C21H28N2O2/c1-5-18(14-17(3)15-24)21(22-4)23-12-10-20(11-13-23)25-19-8-6-16(2)7-9-19/h6-9,14-15,20H,3,5,10-13H2,1-2,4H3/b18-14-,22-21+. The number of allylic oxidation sites excluding steroid dienone is 2. The number of piperidine rings is 1. The summed E-state index contributed by atoms with van der Waals surface area (Å²) in [6, 6.07) is 8.21. The van der Waals surface area contributed by atoms with E-state index >= 15 is 0 Å². The minimum Gasteiger partial charge on any atom is -0.490 e. The molecular formula is C21H28N2O2. The third kappa shape index (κ3) is 5.31. The summed E-state index contributed by atoms with van der Waals surface area (Å²) < 4.78 is 6.10. The maximum Gasteiger partial charge on any atom is 0.149 e. The Hall–Kier alpha value is -2.36. The van der Waals surface area contributed by atoms with Crippen LogP contribution in [-0.4, -0.2) is 43.3 Å². The molecule has 1 heterocycles. The van der Waals surface area contributed by atoms with Crippen LogP contribution in [0.25, 0.3) is 0 Å². The van der Waals surface area contributed by atoms with Crippen molar-refractivity contribution in [2.24, 2.45) is 4.99 Å².